The summed E-state index contributed by atoms with van der Waals surface area (Å²) in [5.41, 5.74) is 4.68. The second-order valence-electron chi connectivity index (χ2n) is 6.78. The number of rotatable bonds is 4. The van der Waals surface area contributed by atoms with E-state index in [0.29, 0.717) is 17.5 Å². The van der Waals surface area contributed by atoms with Crippen LogP contribution >= 0.6 is 34.7 Å². The van der Waals surface area contributed by atoms with E-state index in [1.165, 1.54) is 21.5 Å². The van der Waals surface area contributed by atoms with E-state index in [1.807, 2.05) is 48.5 Å². The number of benzene rings is 2. The van der Waals surface area contributed by atoms with Gasteiger partial charge in [-0.25, -0.2) is 5.48 Å². The van der Waals surface area contributed by atoms with Gasteiger partial charge in [-0.15, -0.1) is 21.5 Å². The maximum absolute atomic E-state index is 6.40. The van der Waals surface area contributed by atoms with Crippen molar-refractivity contribution in [1.29, 1.82) is 0 Å². The number of amidine groups is 1. The molecule has 3 heterocycles. The van der Waals surface area contributed by atoms with Crippen LogP contribution in [-0.4, -0.2) is 22.6 Å². The number of aryl methyl sites for hydroxylation is 1. The Morgan fingerprint density at radius 3 is 2.73 bits per heavy atom. The fourth-order valence-corrected chi connectivity index (χ4v) is 5.33. The van der Waals surface area contributed by atoms with Crippen LogP contribution in [0.1, 0.15) is 21.4 Å². The molecule has 5 rings (SSSR count). The van der Waals surface area contributed by atoms with Gasteiger partial charge in [-0.3, -0.25) is 9.83 Å². The summed E-state index contributed by atoms with van der Waals surface area (Å²) < 4.78 is 0. The van der Waals surface area contributed by atoms with Gasteiger partial charge in [0.05, 0.1) is 16.1 Å². The van der Waals surface area contributed by atoms with Gasteiger partial charge in [0.1, 0.15) is 17.7 Å². The Kier molecular flexibility index (Phi) is 5.43. The molecule has 0 saturated heterocycles. The Morgan fingerprint density at radius 2 is 1.90 bits per heavy atom. The minimum absolute atomic E-state index is 0.0648. The number of fused-ring (bicyclic) bond motifs is 1. The third kappa shape index (κ3) is 3.81. The Morgan fingerprint density at radius 1 is 1.07 bits per heavy atom. The van der Waals surface area contributed by atoms with E-state index in [2.05, 4.69) is 34.7 Å². The molecule has 1 aliphatic rings. The average molecular weight is 453 g/mol. The number of nitrogens with zero attached hydrogens (tertiary/aromatic N) is 3. The van der Waals surface area contributed by atoms with Gasteiger partial charge in [0.2, 0.25) is 0 Å². The number of nitrogens with one attached hydrogen (secondary N) is 1. The highest BCUT2D eigenvalue weighted by Crippen LogP contribution is 2.37. The second-order valence-corrected chi connectivity index (χ2v) is 9.54. The molecule has 2 aromatic heterocycles. The zero-order valence-corrected chi connectivity index (χ0v) is 18.4. The molecule has 30 heavy (non-hydrogen) atoms. The first-order valence-corrected chi connectivity index (χ1v) is 11.4. The third-order valence-corrected chi connectivity index (χ3v) is 7.30. The van der Waals surface area contributed by atoms with Gasteiger partial charge >= 0.3 is 0 Å². The van der Waals surface area contributed by atoms with Crippen LogP contribution in [0.3, 0.4) is 0 Å². The molecule has 2 aromatic carbocycles. The largest absolute Gasteiger partial charge is 0.272 e. The Bertz CT molecular complexity index is 1260. The maximum atomic E-state index is 6.40. The SMILES string of the molecule is Cc1ccc([C@H]2CONC(c3c(Sc4ccccc4Cl)nnc4ccccc34)=N2)s1. The summed E-state index contributed by atoms with van der Waals surface area (Å²) in [5, 5.41) is 11.3. The summed E-state index contributed by atoms with van der Waals surface area (Å²) in [6, 6.07) is 19.8. The molecule has 0 saturated carbocycles. The quantitative estimate of drug-likeness (QED) is 0.422. The summed E-state index contributed by atoms with van der Waals surface area (Å²) in [6.07, 6.45) is 0. The normalized spacial score (nSPS) is 16.3. The first kappa shape index (κ1) is 19.5. The Labute approximate surface area is 187 Å². The molecule has 1 atom stereocenters. The summed E-state index contributed by atoms with van der Waals surface area (Å²) in [4.78, 5) is 14.1. The lowest BCUT2D eigenvalue weighted by Crippen LogP contribution is -2.33. The third-order valence-electron chi connectivity index (χ3n) is 4.70. The van der Waals surface area contributed by atoms with Crippen molar-refractivity contribution < 1.29 is 4.84 Å². The predicted molar refractivity (Wildman–Crippen MR) is 123 cm³/mol. The fraction of sp³-hybridized carbons (Fsp3) is 0.136. The van der Waals surface area contributed by atoms with E-state index in [4.69, 9.17) is 21.4 Å². The highest BCUT2D eigenvalue weighted by molar-refractivity contribution is 7.99. The molecule has 0 amide bonds. The van der Waals surface area contributed by atoms with E-state index in [9.17, 15) is 0 Å². The molecule has 0 bridgehead atoms. The van der Waals surface area contributed by atoms with Gasteiger partial charge in [0.25, 0.3) is 0 Å². The summed E-state index contributed by atoms with van der Waals surface area (Å²) in [6.45, 7) is 2.58. The number of hydroxylamine groups is 1. The van der Waals surface area contributed by atoms with Crippen molar-refractivity contribution in [2.45, 2.75) is 22.9 Å². The second kappa shape index (κ2) is 8.35. The van der Waals surface area contributed by atoms with Crippen molar-refractivity contribution in [2.24, 2.45) is 4.99 Å². The molecular weight excluding hydrogens is 436 g/mol. The van der Waals surface area contributed by atoms with Crippen LogP contribution in [0.15, 0.2) is 75.6 Å². The van der Waals surface area contributed by atoms with Crippen LogP contribution in [0.4, 0.5) is 0 Å². The Balaban J connectivity index is 1.64. The van der Waals surface area contributed by atoms with Crippen molar-refractivity contribution in [3.63, 3.8) is 0 Å². The van der Waals surface area contributed by atoms with Gasteiger partial charge in [-0.1, -0.05) is 53.7 Å². The van der Waals surface area contributed by atoms with Crippen LogP contribution in [-0.2, 0) is 4.84 Å². The summed E-state index contributed by atoms with van der Waals surface area (Å²) in [7, 11) is 0. The molecule has 5 nitrogen and oxygen atoms in total. The van der Waals surface area contributed by atoms with E-state index in [-0.39, 0.29) is 6.04 Å². The van der Waals surface area contributed by atoms with Crippen LogP contribution in [0.25, 0.3) is 10.9 Å². The smallest absolute Gasteiger partial charge is 0.156 e. The minimum Gasteiger partial charge on any atom is -0.272 e. The van der Waals surface area contributed by atoms with Crippen LogP contribution in [0, 0.1) is 6.92 Å². The van der Waals surface area contributed by atoms with Crippen LogP contribution < -0.4 is 5.48 Å². The molecule has 1 aliphatic heterocycles. The molecule has 4 aromatic rings. The molecule has 0 unspecified atom stereocenters. The summed E-state index contributed by atoms with van der Waals surface area (Å²) >= 11 is 9.61. The maximum Gasteiger partial charge on any atom is 0.156 e. The van der Waals surface area contributed by atoms with Crippen molar-refractivity contribution in [1.82, 2.24) is 15.7 Å². The first-order valence-electron chi connectivity index (χ1n) is 9.39. The van der Waals surface area contributed by atoms with E-state index in [1.54, 1.807) is 11.3 Å². The van der Waals surface area contributed by atoms with E-state index in [0.717, 1.165) is 26.4 Å². The van der Waals surface area contributed by atoms with Crippen molar-refractivity contribution in [2.75, 3.05) is 6.61 Å². The van der Waals surface area contributed by atoms with Crippen LogP contribution in [0.2, 0.25) is 5.02 Å². The molecule has 0 radical (unpaired) electrons. The topological polar surface area (TPSA) is 59.4 Å². The molecule has 8 heteroatoms. The number of thiophene rings is 1. The van der Waals surface area contributed by atoms with Crippen molar-refractivity contribution in [3.8, 4) is 0 Å². The minimum atomic E-state index is -0.0648. The number of hydrogen-bond donors (Lipinski definition) is 1. The van der Waals surface area contributed by atoms with Gasteiger partial charge in [-0.2, -0.15) is 0 Å². The zero-order valence-electron chi connectivity index (χ0n) is 16.0. The fourth-order valence-electron chi connectivity index (χ4n) is 3.27. The zero-order chi connectivity index (χ0) is 20.5. The lowest BCUT2D eigenvalue weighted by atomic mass is 10.1. The average Bonchev–Trinajstić information content (AvgIpc) is 3.21. The molecule has 0 spiro atoms. The molecule has 150 valence electrons. The predicted octanol–water partition coefficient (Wildman–Crippen LogP) is 5.83. The molecule has 0 fully saturated rings. The van der Waals surface area contributed by atoms with Crippen molar-refractivity contribution in [3.05, 3.63) is 81.0 Å². The van der Waals surface area contributed by atoms with Gasteiger partial charge in [0.15, 0.2) is 5.84 Å². The number of aromatic nitrogens is 2. The highest BCUT2D eigenvalue weighted by Gasteiger charge is 2.24. The monoisotopic (exact) mass is 452 g/mol. The van der Waals surface area contributed by atoms with E-state index < -0.39 is 0 Å². The molecular formula is C22H17ClN4OS2. The lowest BCUT2D eigenvalue weighted by molar-refractivity contribution is 0.0628. The van der Waals surface area contributed by atoms with Gasteiger partial charge in [0, 0.05) is 20.0 Å². The van der Waals surface area contributed by atoms with Gasteiger partial charge in [-0.05, 0) is 37.3 Å². The van der Waals surface area contributed by atoms with Crippen molar-refractivity contribution >= 4 is 51.4 Å². The van der Waals surface area contributed by atoms with E-state index >= 15 is 0 Å². The Hall–Kier alpha value is -2.45. The summed E-state index contributed by atoms with van der Waals surface area (Å²) in [5.74, 6) is 0.651. The molecule has 1 N–H and O–H groups in total. The highest BCUT2D eigenvalue weighted by atomic mass is 35.5. The number of aliphatic imine (C=N–C) groups is 1. The number of halogens is 1. The first-order chi connectivity index (χ1) is 14.7. The molecule has 0 aliphatic carbocycles. The standard InChI is InChI=1S/C22H17ClN4OS2/c1-13-10-11-19(29-13)17-12-28-27-21(24-17)20-14-6-2-4-8-16(14)25-26-22(20)30-18-9-5-3-7-15(18)23/h2-11,17H,12H2,1H3,(H,24,27)/t17-/m1/s1. The van der Waals surface area contributed by atoms with Crippen LogP contribution in [0.5, 0.6) is 0 Å². The number of hydrogen-bond acceptors (Lipinski definition) is 7. The van der Waals surface area contributed by atoms with Gasteiger partial charge < -0.3 is 0 Å². The lowest BCUT2D eigenvalue weighted by Gasteiger charge is -2.23.